The highest BCUT2D eigenvalue weighted by Crippen LogP contribution is 2.20. The van der Waals surface area contributed by atoms with E-state index in [4.69, 9.17) is 4.74 Å². The van der Waals surface area contributed by atoms with Crippen LogP contribution in [0.3, 0.4) is 0 Å². The molecule has 1 rings (SSSR count). The van der Waals surface area contributed by atoms with Gasteiger partial charge in [0.15, 0.2) is 0 Å². The molecule has 1 aromatic heterocycles. The molecular weight excluding hydrogens is 236 g/mol. The second-order valence-corrected chi connectivity index (χ2v) is 4.95. The summed E-state index contributed by atoms with van der Waals surface area (Å²) in [4.78, 5) is 4.54. The zero-order valence-electron chi connectivity index (χ0n) is 12.6. The van der Waals surface area contributed by atoms with E-state index < -0.39 is 0 Å². The first-order valence-electron chi connectivity index (χ1n) is 6.93. The summed E-state index contributed by atoms with van der Waals surface area (Å²) in [6, 6.07) is 2.44. The zero-order valence-corrected chi connectivity index (χ0v) is 12.6. The molecule has 0 fully saturated rings. The second-order valence-electron chi connectivity index (χ2n) is 4.95. The maximum absolute atomic E-state index is 5.49. The summed E-state index contributed by atoms with van der Waals surface area (Å²) in [5, 5.41) is 3.49. The Bertz CT molecular complexity index is 392. The second kappa shape index (κ2) is 8.08. The number of aryl methyl sites for hydroxylation is 3. The van der Waals surface area contributed by atoms with Crippen molar-refractivity contribution in [3.63, 3.8) is 0 Å². The van der Waals surface area contributed by atoms with E-state index in [1.807, 2.05) is 13.0 Å². The molecule has 0 bridgehead atoms. The van der Waals surface area contributed by atoms with Crippen molar-refractivity contribution in [2.24, 2.45) is 0 Å². The minimum atomic E-state index is 0.302. The highest BCUT2D eigenvalue weighted by Gasteiger charge is 2.12. The number of hydrogen-bond donors (Lipinski definition) is 1. The van der Waals surface area contributed by atoms with Crippen LogP contribution in [0.2, 0.25) is 0 Å². The molecule has 1 atom stereocenters. The summed E-state index contributed by atoms with van der Waals surface area (Å²) in [6.45, 7) is 14.4. The molecule has 0 amide bonds. The standard InChI is InChI=1S/C16H26N2O/c1-6-7-9-19-10-8-17-14(4)16-12(2)11-13(3)18-15(16)5/h6,11,14,17H,1,7-10H2,2-5H3. The van der Waals surface area contributed by atoms with Crippen LogP contribution in [0.5, 0.6) is 0 Å². The smallest absolute Gasteiger partial charge is 0.0591 e. The van der Waals surface area contributed by atoms with Gasteiger partial charge in [0.1, 0.15) is 0 Å². The minimum Gasteiger partial charge on any atom is -0.380 e. The number of ether oxygens (including phenoxy) is 1. The maximum atomic E-state index is 5.49. The Labute approximate surface area is 117 Å². The molecule has 3 nitrogen and oxygen atoms in total. The van der Waals surface area contributed by atoms with Crippen molar-refractivity contribution in [1.82, 2.24) is 10.3 Å². The number of rotatable bonds is 8. The Kier molecular flexibility index (Phi) is 6.74. The molecule has 0 saturated heterocycles. The lowest BCUT2D eigenvalue weighted by atomic mass is 10.0. The van der Waals surface area contributed by atoms with E-state index in [0.717, 1.165) is 37.6 Å². The normalized spacial score (nSPS) is 12.4. The fourth-order valence-electron chi connectivity index (χ4n) is 2.41. The van der Waals surface area contributed by atoms with E-state index in [1.54, 1.807) is 0 Å². The molecule has 0 aliphatic heterocycles. The number of nitrogens with one attached hydrogen (secondary N) is 1. The molecule has 1 aromatic rings. The third-order valence-corrected chi connectivity index (χ3v) is 3.18. The number of nitrogens with zero attached hydrogens (tertiary/aromatic N) is 1. The van der Waals surface area contributed by atoms with E-state index in [2.05, 4.69) is 43.7 Å². The molecule has 0 aliphatic carbocycles. The minimum absolute atomic E-state index is 0.302. The molecule has 0 radical (unpaired) electrons. The molecule has 3 heteroatoms. The maximum Gasteiger partial charge on any atom is 0.0591 e. The van der Waals surface area contributed by atoms with Crippen LogP contribution in [0.1, 0.15) is 41.9 Å². The van der Waals surface area contributed by atoms with Crippen LogP contribution in [-0.2, 0) is 4.74 Å². The number of pyridine rings is 1. The summed E-state index contributed by atoms with van der Waals surface area (Å²) in [5.41, 5.74) is 4.80. The van der Waals surface area contributed by atoms with E-state index in [0.29, 0.717) is 6.04 Å². The van der Waals surface area contributed by atoms with Gasteiger partial charge in [-0.05, 0) is 51.3 Å². The first-order chi connectivity index (χ1) is 9.06. The summed E-state index contributed by atoms with van der Waals surface area (Å²) >= 11 is 0. The van der Waals surface area contributed by atoms with E-state index >= 15 is 0 Å². The molecule has 1 heterocycles. The van der Waals surface area contributed by atoms with Gasteiger partial charge in [-0.25, -0.2) is 0 Å². The molecule has 0 spiro atoms. The predicted octanol–water partition coefficient (Wildman–Crippen LogP) is 3.25. The lowest BCUT2D eigenvalue weighted by molar-refractivity contribution is 0.138. The van der Waals surface area contributed by atoms with Crippen LogP contribution < -0.4 is 5.32 Å². The molecule has 0 saturated carbocycles. The van der Waals surface area contributed by atoms with Gasteiger partial charge in [0, 0.05) is 24.0 Å². The topological polar surface area (TPSA) is 34.1 Å². The van der Waals surface area contributed by atoms with E-state index in [-0.39, 0.29) is 0 Å². The third kappa shape index (κ3) is 5.13. The van der Waals surface area contributed by atoms with Crippen LogP contribution in [0.4, 0.5) is 0 Å². The Balaban J connectivity index is 2.45. The zero-order chi connectivity index (χ0) is 14.3. The van der Waals surface area contributed by atoms with Gasteiger partial charge in [0.2, 0.25) is 0 Å². The average molecular weight is 262 g/mol. The van der Waals surface area contributed by atoms with Crippen LogP contribution in [0.25, 0.3) is 0 Å². The highest BCUT2D eigenvalue weighted by molar-refractivity contribution is 5.33. The largest absolute Gasteiger partial charge is 0.380 e. The molecule has 0 aliphatic rings. The molecule has 0 aromatic carbocycles. The number of aromatic nitrogens is 1. The summed E-state index contributed by atoms with van der Waals surface area (Å²) in [5.74, 6) is 0. The Morgan fingerprint density at radius 1 is 1.37 bits per heavy atom. The molecule has 1 N–H and O–H groups in total. The Morgan fingerprint density at radius 2 is 2.11 bits per heavy atom. The third-order valence-electron chi connectivity index (χ3n) is 3.18. The van der Waals surface area contributed by atoms with Crippen molar-refractivity contribution in [3.8, 4) is 0 Å². The molecule has 1 unspecified atom stereocenters. The van der Waals surface area contributed by atoms with Gasteiger partial charge in [0.25, 0.3) is 0 Å². The number of hydrogen-bond acceptors (Lipinski definition) is 3. The molecule has 106 valence electrons. The monoisotopic (exact) mass is 262 g/mol. The van der Waals surface area contributed by atoms with Crippen molar-refractivity contribution < 1.29 is 4.74 Å². The van der Waals surface area contributed by atoms with Crippen molar-refractivity contribution in [3.05, 3.63) is 41.2 Å². The van der Waals surface area contributed by atoms with Crippen molar-refractivity contribution in [2.75, 3.05) is 19.8 Å². The lowest BCUT2D eigenvalue weighted by Crippen LogP contribution is -2.25. The van der Waals surface area contributed by atoms with Crippen molar-refractivity contribution in [2.45, 2.75) is 40.2 Å². The van der Waals surface area contributed by atoms with Gasteiger partial charge in [0.05, 0.1) is 13.2 Å². The SMILES string of the molecule is C=CCCOCCNC(C)c1c(C)cc(C)nc1C. The summed E-state index contributed by atoms with van der Waals surface area (Å²) < 4.78 is 5.49. The van der Waals surface area contributed by atoms with Crippen molar-refractivity contribution in [1.29, 1.82) is 0 Å². The van der Waals surface area contributed by atoms with Gasteiger partial charge in [-0.3, -0.25) is 4.98 Å². The highest BCUT2D eigenvalue weighted by atomic mass is 16.5. The van der Waals surface area contributed by atoms with Gasteiger partial charge < -0.3 is 10.1 Å². The fraction of sp³-hybridized carbons (Fsp3) is 0.562. The first kappa shape index (κ1) is 15.9. The van der Waals surface area contributed by atoms with Gasteiger partial charge in [-0.15, -0.1) is 6.58 Å². The van der Waals surface area contributed by atoms with Gasteiger partial charge in [-0.2, -0.15) is 0 Å². The van der Waals surface area contributed by atoms with Gasteiger partial charge >= 0.3 is 0 Å². The quantitative estimate of drug-likeness (QED) is 0.577. The summed E-state index contributed by atoms with van der Waals surface area (Å²) in [6.07, 6.45) is 2.79. The van der Waals surface area contributed by atoms with E-state index in [9.17, 15) is 0 Å². The van der Waals surface area contributed by atoms with E-state index in [1.165, 1.54) is 11.1 Å². The fourth-order valence-corrected chi connectivity index (χ4v) is 2.41. The lowest BCUT2D eigenvalue weighted by Gasteiger charge is -2.19. The summed E-state index contributed by atoms with van der Waals surface area (Å²) in [7, 11) is 0. The average Bonchev–Trinajstić information content (AvgIpc) is 2.32. The molecular formula is C16H26N2O. The Hall–Kier alpha value is -1.19. The Morgan fingerprint density at radius 3 is 2.74 bits per heavy atom. The first-order valence-corrected chi connectivity index (χ1v) is 6.93. The van der Waals surface area contributed by atoms with Crippen LogP contribution in [-0.4, -0.2) is 24.7 Å². The van der Waals surface area contributed by atoms with Crippen LogP contribution >= 0.6 is 0 Å². The van der Waals surface area contributed by atoms with Crippen molar-refractivity contribution >= 4 is 0 Å². The predicted molar refractivity (Wildman–Crippen MR) is 80.5 cm³/mol. The van der Waals surface area contributed by atoms with Crippen LogP contribution in [0, 0.1) is 20.8 Å². The van der Waals surface area contributed by atoms with Crippen LogP contribution in [0.15, 0.2) is 18.7 Å². The van der Waals surface area contributed by atoms with Gasteiger partial charge in [-0.1, -0.05) is 6.08 Å². The molecule has 19 heavy (non-hydrogen) atoms.